The van der Waals surface area contributed by atoms with E-state index in [1.807, 2.05) is 29.4 Å². The van der Waals surface area contributed by atoms with Gasteiger partial charge in [-0.2, -0.15) is 0 Å². The maximum Gasteiger partial charge on any atom is 0.241 e. The fourth-order valence-electron chi connectivity index (χ4n) is 3.63. The van der Waals surface area contributed by atoms with E-state index in [1.165, 1.54) is 12.1 Å². The van der Waals surface area contributed by atoms with E-state index in [0.717, 1.165) is 46.3 Å². The molecule has 0 radical (unpaired) electrons. The first kappa shape index (κ1) is 18.9. The van der Waals surface area contributed by atoms with Gasteiger partial charge in [0, 0.05) is 43.6 Å². The van der Waals surface area contributed by atoms with E-state index < -0.39 is 0 Å². The molecule has 0 saturated heterocycles. The first-order valence-corrected chi connectivity index (χ1v) is 9.59. The molecule has 3 heterocycles. The monoisotopic (exact) mass is 390 g/mol. The number of aromatic amines is 1. The molecule has 0 atom stereocenters. The van der Waals surface area contributed by atoms with E-state index in [9.17, 15) is 9.18 Å². The van der Waals surface area contributed by atoms with E-state index in [0.29, 0.717) is 0 Å². The van der Waals surface area contributed by atoms with Crippen molar-refractivity contribution >= 4 is 28.2 Å². The fraction of sp³-hybridized carbons (Fsp3) is 0.217. The van der Waals surface area contributed by atoms with Gasteiger partial charge in [-0.15, -0.1) is 0 Å². The van der Waals surface area contributed by atoms with Crippen LogP contribution in [0.5, 0.6) is 0 Å². The zero-order valence-electron chi connectivity index (χ0n) is 16.5. The molecule has 6 heteroatoms. The number of rotatable bonds is 4. The van der Waals surface area contributed by atoms with Gasteiger partial charge in [0.15, 0.2) is 0 Å². The zero-order valence-corrected chi connectivity index (χ0v) is 16.5. The number of amides is 1. The average Bonchev–Trinajstić information content (AvgIpc) is 3.10. The highest BCUT2D eigenvalue weighted by Gasteiger charge is 2.23. The van der Waals surface area contributed by atoms with Gasteiger partial charge in [0.1, 0.15) is 18.0 Å². The molecule has 3 aromatic rings. The minimum absolute atomic E-state index is 0.00637. The number of fused-ring (bicyclic) bond motifs is 1. The van der Waals surface area contributed by atoms with E-state index in [2.05, 4.69) is 16.0 Å². The molecule has 148 valence electrons. The predicted molar refractivity (Wildman–Crippen MR) is 113 cm³/mol. The van der Waals surface area contributed by atoms with E-state index in [1.54, 1.807) is 37.3 Å². The molecular weight excluding hydrogens is 367 g/mol. The second kappa shape index (κ2) is 7.91. The van der Waals surface area contributed by atoms with Gasteiger partial charge in [-0.25, -0.2) is 9.37 Å². The number of nitrogens with one attached hydrogen (secondary N) is 1. The Hall–Kier alpha value is -3.41. The normalized spacial score (nSPS) is 14.4. The maximum absolute atomic E-state index is 13.6. The van der Waals surface area contributed by atoms with Gasteiger partial charge in [-0.3, -0.25) is 4.79 Å². The standard InChI is InChI=1S/C23H23FN4O/c1-27(2)21(29)15-28-14-4-3-5-18(16-6-8-17(24)9-7-16)22(28)19-10-12-25-23-20(19)11-13-26-23/h4,6-14H,3,5,15H2,1-2H3,(H,25,26). The third kappa shape index (κ3) is 3.78. The van der Waals surface area contributed by atoms with Crippen molar-refractivity contribution in [2.75, 3.05) is 20.6 Å². The molecule has 0 saturated carbocycles. The molecule has 0 spiro atoms. The molecule has 0 unspecified atom stereocenters. The zero-order chi connectivity index (χ0) is 20.4. The number of hydrogen-bond donors (Lipinski definition) is 1. The van der Waals surface area contributed by atoms with Crippen molar-refractivity contribution in [3.63, 3.8) is 0 Å². The topological polar surface area (TPSA) is 52.2 Å². The van der Waals surface area contributed by atoms with Gasteiger partial charge >= 0.3 is 0 Å². The number of halogens is 1. The number of H-pyrrole nitrogens is 1. The lowest BCUT2D eigenvalue weighted by atomic mass is 9.94. The van der Waals surface area contributed by atoms with E-state index >= 15 is 0 Å². The molecule has 4 rings (SSSR count). The molecule has 1 aromatic carbocycles. The van der Waals surface area contributed by atoms with Crippen molar-refractivity contribution in [3.8, 4) is 0 Å². The van der Waals surface area contributed by atoms with Crippen LogP contribution in [0.1, 0.15) is 24.0 Å². The van der Waals surface area contributed by atoms with E-state index in [4.69, 9.17) is 0 Å². The number of aromatic nitrogens is 2. The summed E-state index contributed by atoms with van der Waals surface area (Å²) in [5.41, 5.74) is 4.77. The Morgan fingerprint density at radius 3 is 2.76 bits per heavy atom. The Labute approximate surface area is 169 Å². The summed E-state index contributed by atoms with van der Waals surface area (Å²) >= 11 is 0. The number of hydrogen-bond acceptors (Lipinski definition) is 3. The highest BCUT2D eigenvalue weighted by Crippen LogP contribution is 2.37. The molecule has 1 aliphatic heterocycles. The Bertz CT molecular complexity index is 1100. The van der Waals surface area contributed by atoms with Crippen LogP contribution in [0.3, 0.4) is 0 Å². The van der Waals surface area contributed by atoms with Crippen molar-refractivity contribution < 1.29 is 9.18 Å². The minimum Gasteiger partial charge on any atom is -0.347 e. The van der Waals surface area contributed by atoms with Crippen molar-refractivity contribution in [1.82, 2.24) is 19.8 Å². The molecule has 29 heavy (non-hydrogen) atoms. The molecule has 0 aliphatic carbocycles. The summed E-state index contributed by atoms with van der Waals surface area (Å²) in [6.45, 7) is 0.220. The van der Waals surface area contributed by atoms with Crippen LogP contribution in [0.2, 0.25) is 0 Å². The second-order valence-corrected chi connectivity index (χ2v) is 7.27. The van der Waals surface area contributed by atoms with Crippen LogP contribution in [-0.4, -0.2) is 46.3 Å². The average molecular weight is 390 g/mol. The number of carbonyl (C=O) groups excluding carboxylic acids is 1. The lowest BCUT2D eigenvalue weighted by molar-refractivity contribution is -0.128. The Morgan fingerprint density at radius 2 is 2.00 bits per heavy atom. The Morgan fingerprint density at radius 1 is 1.21 bits per heavy atom. The third-order valence-electron chi connectivity index (χ3n) is 5.13. The summed E-state index contributed by atoms with van der Waals surface area (Å²) in [6.07, 6.45) is 9.31. The third-order valence-corrected chi connectivity index (χ3v) is 5.13. The molecule has 5 nitrogen and oxygen atoms in total. The van der Waals surface area contributed by atoms with Crippen molar-refractivity contribution in [2.45, 2.75) is 12.8 Å². The minimum atomic E-state index is -0.265. The highest BCUT2D eigenvalue weighted by molar-refractivity contribution is 6.00. The summed E-state index contributed by atoms with van der Waals surface area (Å²) in [5, 5.41) is 0.986. The summed E-state index contributed by atoms with van der Waals surface area (Å²) in [5.74, 6) is -0.258. The van der Waals surface area contributed by atoms with E-state index in [-0.39, 0.29) is 18.3 Å². The number of likely N-dealkylation sites (N-methyl/N-ethyl adjacent to an activating group) is 1. The van der Waals surface area contributed by atoms with Crippen LogP contribution >= 0.6 is 0 Å². The van der Waals surface area contributed by atoms with Crippen LogP contribution in [-0.2, 0) is 4.79 Å². The lowest BCUT2D eigenvalue weighted by Crippen LogP contribution is -2.33. The summed E-state index contributed by atoms with van der Waals surface area (Å²) in [7, 11) is 3.51. The summed E-state index contributed by atoms with van der Waals surface area (Å²) < 4.78 is 13.6. The van der Waals surface area contributed by atoms with Gasteiger partial charge in [0.25, 0.3) is 0 Å². The highest BCUT2D eigenvalue weighted by atomic mass is 19.1. The molecule has 2 aromatic heterocycles. The SMILES string of the molecule is CN(C)C(=O)CN1C=CCCC(c2ccc(F)cc2)=C1c1ccnc2[nH]ccc12. The number of nitrogens with zero attached hydrogens (tertiary/aromatic N) is 3. The van der Waals surface area contributed by atoms with Crippen LogP contribution in [0.4, 0.5) is 4.39 Å². The molecule has 0 bridgehead atoms. The quantitative estimate of drug-likeness (QED) is 0.724. The number of carbonyl (C=O) groups is 1. The number of allylic oxidation sites excluding steroid dienone is 2. The molecule has 1 N–H and O–H groups in total. The molecule has 1 aliphatic rings. The van der Waals surface area contributed by atoms with Gasteiger partial charge in [0.05, 0.1) is 5.70 Å². The maximum atomic E-state index is 13.6. The Kier molecular flexibility index (Phi) is 5.16. The van der Waals surface area contributed by atoms with Crippen LogP contribution in [0, 0.1) is 5.82 Å². The van der Waals surface area contributed by atoms with Crippen LogP contribution in [0.25, 0.3) is 22.3 Å². The smallest absolute Gasteiger partial charge is 0.241 e. The molecular formula is C23H23FN4O. The molecule has 1 amide bonds. The first-order valence-electron chi connectivity index (χ1n) is 9.59. The van der Waals surface area contributed by atoms with Gasteiger partial charge in [-0.1, -0.05) is 18.2 Å². The van der Waals surface area contributed by atoms with Crippen molar-refractivity contribution in [1.29, 1.82) is 0 Å². The number of benzene rings is 1. The van der Waals surface area contributed by atoms with Crippen LogP contribution in [0.15, 0.2) is 61.1 Å². The van der Waals surface area contributed by atoms with Crippen molar-refractivity contribution in [2.24, 2.45) is 0 Å². The summed E-state index contributed by atoms with van der Waals surface area (Å²) in [4.78, 5) is 23.7. The molecule has 0 fully saturated rings. The second-order valence-electron chi connectivity index (χ2n) is 7.27. The Balaban J connectivity index is 1.95. The fourth-order valence-corrected chi connectivity index (χ4v) is 3.63. The van der Waals surface area contributed by atoms with Crippen molar-refractivity contribution in [3.05, 3.63) is 78.0 Å². The van der Waals surface area contributed by atoms with Gasteiger partial charge < -0.3 is 14.8 Å². The van der Waals surface area contributed by atoms with Gasteiger partial charge in [-0.05, 0) is 48.2 Å². The largest absolute Gasteiger partial charge is 0.347 e. The summed E-state index contributed by atoms with van der Waals surface area (Å²) in [6, 6.07) is 10.5. The lowest BCUT2D eigenvalue weighted by Gasteiger charge is -2.27. The predicted octanol–water partition coefficient (Wildman–Crippen LogP) is 4.27. The number of pyridine rings is 1. The van der Waals surface area contributed by atoms with Gasteiger partial charge in [0.2, 0.25) is 5.91 Å². The van der Waals surface area contributed by atoms with Crippen LogP contribution < -0.4 is 0 Å². The first-order chi connectivity index (χ1) is 14.0.